The Labute approximate surface area is 96.6 Å². The van der Waals surface area contributed by atoms with Crippen LogP contribution in [0.15, 0.2) is 18.2 Å². The maximum absolute atomic E-state index is 5.51. The second-order valence-electron chi connectivity index (χ2n) is 4.65. The van der Waals surface area contributed by atoms with Crippen LogP contribution < -0.4 is 10.2 Å². The number of pyridine rings is 1. The number of nitrogens with zero attached hydrogens (tertiary/aromatic N) is 2. The molecule has 1 aromatic rings. The molecule has 0 aromatic carbocycles. The summed E-state index contributed by atoms with van der Waals surface area (Å²) in [5, 5.41) is 3.06. The van der Waals surface area contributed by atoms with Crippen molar-refractivity contribution >= 4 is 11.6 Å². The third-order valence-electron chi connectivity index (χ3n) is 2.91. The molecule has 0 amide bonds. The van der Waals surface area contributed by atoms with E-state index in [1.807, 2.05) is 25.2 Å². The molecule has 1 N–H and O–H groups in total. The molecule has 0 spiro atoms. The Morgan fingerprint density at radius 1 is 1.44 bits per heavy atom. The largest absolute Gasteiger partial charge is 0.377 e. The van der Waals surface area contributed by atoms with Crippen molar-refractivity contribution in [2.45, 2.75) is 19.4 Å². The predicted molar refractivity (Wildman–Crippen MR) is 66.0 cm³/mol. The van der Waals surface area contributed by atoms with E-state index in [0.717, 1.165) is 31.4 Å². The van der Waals surface area contributed by atoms with Gasteiger partial charge in [-0.1, -0.05) is 6.07 Å². The van der Waals surface area contributed by atoms with Gasteiger partial charge < -0.3 is 15.0 Å². The fourth-order valence-electron chi connectivity index (χ4n) is 2.00. The normalized spacial score (nSPS) is 19.6. The van der Waals surface area contributed by atoms with E-state index in [4.69, 9.17) is 4.74 Å². The zero-order valence-electron chi connectivity index (χ0n) is 10.2. The van der Waals surface area contributed by atoms with Crippen LogP contribution in [0, 0.1) is 0 Å². The van der Waals surface area contributed by atoms with Crippen LogP contribution in [0.1, 0.15) is 13.8 Å². The third kappa shape index (κ3) is 2.11. The van der Waals surface area contributed by atoms with Crippen molar-refractivity contribution in [3.63, 3.8) is 0 Å². The molecular weight excluding hydrogens is 202 g/mol. The summed E-state index contributed by atoms with van der Waals surface area (Å²) < 4.78 is 5.51. The Hall–Kier alpha value is -1.29. The monoisotopic (exact) mass is 221 g/mol. The molecular formula is C12H19N3O. The van der Waals surface area contributed by atoms with Crippen LogP contribution in [0.4, 0.5) is 11.6 Å². The zero-order valence-corrected chi connectivity index (χ0v) is 10.2. The summed E-state index contributed by atoms with van der Waals surface area (Å²) in [6.45, 7) is 6.78. The predicted octanol–water partition coefficient (Wildman–Crippen LogP) is 1.74. The van der Waals surface area contributed by atoms with Crippen LogP contribution >= 0.6 is 0 Å². The van der Waals surface area contributed by atoms with Crippen LogP contribution in [0.5, 0.6) is 0 Å². The highest BCUT2D eigenvalue weighted by Gasteiger charge is 2.31. The third-order valence-corrected chi connectivity index (χ3v) is 2.91. The van der Waals surface area contributed by atoms with Gasteiger partial charge in [-0.15, -0.1) is 0 Å². The fraction of sp³-hybridized carbons (Fsp3) is 0.583. The standard InChI is InChI=1S/C12H19N3O/c1-12(2)9-16-8-7-15(12)11-6-4-5-10(13-3)14-11/h4-6H,7-9H2,1-3H3,(H,13,14). The number of nitrogens with one attached hydrogen (secondary N) is 1. The first kappa shape index (κ1) is 11.2. The molecule has 16 heavy (non-hydrogen) atoms. The van der Waals surface area contributed by atoms with Gasteiger partial charge in [-0.25, -0.2) is 4.98 Å². The van der Waals surface area contributed by atoms with Gasteiger partial charge in [0.15, 0.2) is 0 Å². The zero-order chi connectivity index (χ0) is 11.6. The van der Waals surface area contributed by atoms with E-state index in [-0.39, 0.29) is 5.54 Å². The second kappa shape index (κ2) is 4.29. The van der Waals surface area contributed by atoms with Crippen molar-refractivity contribution in [2.24, 2.45) is 0 Å². The lowest BCUT2D eigenvalue weighted by Crippen LogP contribution is -2.53. The molecule has 0 bridgehead atoms. The summed E-state index contributed by atoms with van der Waals surface area (Å²) in [6.07, 6.45) is 0. The van der Waals surface area contributed by atoms with E-state index in [1.54, 1.807) is 0 Å². The molecule has 0 radical (unpaired) electrons. The fourth-order valence-corrected chi connectivity index (χ4v) is 2.00. The maximum Gasteiger partial charge on any atom is 0.131 e. The lowest BCUT2D eigenvalue weighted by atomic mass is 10.0. The number of hydrogen-bond donors (Lipinski definition) is 1. The summed E-state index contributed by atoms with van der Waals surface area (Å²) in [4.78, 5) is 6.87. The minimum absolute atomic E-state index is 0.0115. The quantitative estimate of drug-likeness (QED) is 0.825. The van der Waals surface area contributed by atoms with E-state index in [1.165, 1.54) is 0 Å². The van der Waals surface area contributed by atoms with Gasteiger partial charge >= 0.3 is 0 Å². The Kier molecular flexibility index (Phi) is 3.01. The number of anilines is 2. The van der Waals surface area contributed by atoms with Crippen molar-refractivity contribution in [3.05, 3.63) is 18.2 Å². The summed E-state index contributed by atoms with van der Waals surface area (Å²) in [5.74, 6) is 1.92. The van der Waals surface area contributed by atoms with E-state index < -0.39 is 0 Å². The van der Waals surface area contributed by atoms with E-state index in [2.05, 4.69) is 29.0 Å². The molecule has 0 unspecified atom stereocenters. The number of hydrogen-bond acceptors (Lipinski definition) is 4. The van der Waals surface area contributed by atoms with Crippen molar-refractivity contribution in [2.75, 3.05) is 37.0 Å². The first-order valence-corrected chi connectivity index (χ1v) is 5.64. The topological polar surface area (TPSA) is 37.4 Å². The Balaban J connectivity index is 2.27. The summed E-state index contributed by atoms with van der Waals surface area (Å²) in [5.41, 5.74) is 0.0115. The van der Waals surface area contributed by atoms with Crippen molar-refractivity contribution in [1.82, 2.24) is 4.98 Å². The minimum atomic E-state index is 0.0115. The Morgan fingerprint density at radius 2 is 2.25 bits per heavy atom. The van der Waals surface area contributed by atoms with Gasteiger partial charge in [-0.2, -0.15) is 0 Å². The highest BCUT2D eigenvalue weighted by molar-refractivity contribution is 5.48. The molecule has 4 heteroatoms. The van der Waals surface area contributed by atoms with Crippen LogP contribution in [0.25, 0.3) is 0 Å². The van der Waals surface area contributed by atoms with Gasteiger partial charge in [0.25, 0.3) is 0 Å². The second-order valence-corrected chi connectivity index (χ2v) is 4.65. The van der Waals surface area contributed by atoms with E-state index >= 15 is 0 Å². The Bertz CT molecular complexity index is 365. The molecule has 0 saturated carbocycles. The maximum atomic E-state index is 5.51. The molecule has 1 aliphatic heterocycles. The van der Waals surface area contributed by atoms with E-state index in [9.17, 15) is 0 Å². The van der Waals surface area contributed by atoms with Crippen molar-refractivity contribution in [1.29, 1.82) is 0 Å². The van der Waals surface area contributed by atoms with Gasteiger partial charge in [0.05, 0.1) is 18.8 Å². The molecule has 2 rings (SSSR count). The number of rotatable bonds is 2. The molecule has 2 heterocycles. The lowest BCUT2D eigenvalue weighted by molar-refractivity contribution is 0.0639. The van der Waals surface area contributed by atoms with Crippen LogP contribution in [0.3, 0.4) is 0 Å². The molecule has 1 aliphatic rings. The number of ether oxygens (including phenoxy) is 1. The summed E-state index contributed by atoms with van der Waals surface area (Å²) in [7, 11) is 1.89. The first-order valence-electron chi connectivity index (χ1n) is 5.64. The van der Waals surface area contributed by atoms with Gasteiger partial charge in [-0.05, 0) is 26.0 Å². The molecule has 1 saturated heterocycles. The summed E-state index contributed by atoms with van der Waals surface area (Å²) in [6, 6.07) is 6.05. The van der Waals surface area contributed by atoms with Gasteiger partial charge in [0.1, 0.15) is 11.6 Å². The highest BCUT2D eigenvalue weighted by atomic mass is 16.5. The van der Waals surface area contributed by atoms with Crippen LogP contribution in [0.2, 0.25) is 0 Å². The van der Waals surface area contributed by atoms with Crippen LogP contribution in [-0.4, -0.2) is 37.3 Å². The number of aromatic nitrogens is 1. The first-order chi connectivity index (χ1) is 7.63. The molecule has 1 fully saturated rings. The average Bonchev–Trinajstić information content (AvgIpc) is 2.28. The molecule has 4 nitrogen and oxygen atoms in total. The van der Waals surface area contributed by atoms with Gasteiger partial charge in [0, 0.05) is 13.6 Å². The molecule has 88 valence electrons. The minimum Gasteiger partial charge on any atom is -0.377 e. The van der Waals surface area contributed by atoms with Crippen LogP contribution in [-0.2, 0) is 4.74 Å². The lowest BCUT2D eigenvalue weighted by Gasteiger charge is -2.43. The van der Waals surface area contributed by atoms with Crippen molar-refractivity contribution < 1.29 is 4.74 Å². The average molecular weight is 221 g/mol. The smallest absolute Gasteiger partial charge is 0.131 e. The van der Waals surface area contributed by atoms with E-state index in [0.29, 0.717) is 0 Å². The SMILES string of the molecule is CNc1cccc(N2CCOCC2(C)C)n1. The number of morpholine rings is 1. The van der Waals surface area contributed by atoms with Gasteiger partial charge in [-0.3, -0.25) is 0 Å². The molecule has 0 aliphatic carbocycles. The summed E-state index contributed by atoms with van der Waals surface area (Å²) >= 11 is 0. The molecule has 1 aromatic heterocycles. The highest BCUT2D eigenvalue weighted by Crippen LogP contribution is 2.25. The van der Waals surface area contributed by atoms with Gasteiger partial charge in [0.2, 0.25) is 0 Å². The van der Waals surface area contributed by atoms with Crippen molar-refractivity contribution in [3.8, 4) is 0 Å². The Morgan fingerprint density at radius 3 is 2.94 bits per heavy atom. The molecule has 0 atom stereocenters.